The monoisotopic (exact) mass is 283 g/mol. The van der Waals surface area contributed by atoms with Gasteiger partial charge in [-0.15, -0.1) is 0 Å². The molecule has 3 heteroatoms. The zero-order valence-corrected chi connectivity index (χ0v) is 12.1. The summed E-state index contributed by atoms with van der Waals surface area (Å²) < 4.78 is 11.6. The van der Waals surface area contributed by atoms with Crippen molar-refractivity contribution in [2.45, 2.75) is 25.4 Å². The first kappa shape index (κ1) is 14.0. The van der Waals surface area contributed by atoms with Crippen LogP contribution in [0.5, 0.6) is 11.5 Å². The lowest BCUT2D eigenvalue weighted by atomic mass is 9.90. The van der Waals surface area contributed by atoms with E-state index in [0.717, 1.165) is 30.9 Å². The summed E-state index contributed by atoms with van der Waals surface area (Å²) in [6.07, 6.45) is 2.03. The standard InChI is InChI=1S/C18H21NO2/c19-10-8-15-9-11-20-18-7-6-16(12-17(15)18)21-13-14-4-2-1-3-5-14/h1-7,12,15H,8-11,13,19H2. The first-order chi connectivity index (χ1) is 10.4. The number of fused-ring (bicyclic) bond motifs is 1. The molecule has 3 nitrogen and oxygen atoms in total. The Morgan fingerprint density at radius 2 is 2.00 bits per heavy atom. The minimum atomic E-state index is 0.485. The molecule has 0 saturated carbocycles. The van der Waals surface area contributed by atoms with Crippen molar-refractivity contribution in [3.8, 4) is 11.5 Å². The fourth-order valence-corrected chi connectivity index (χ4v) is 2.78. The highest BCUT2D eigenvalue weighted by molar-refractivity contribution is 5.43. The third-order valence-corrected chi connectivity index (χ3v) is 3.91. The number of hydrogen-bond donors (Lipinski definition) is 1. The molecule has 0 aromatic heterocycles. The van der Waals surface area contributed by atoms with Gasteiger partial charge in [-0.1, -0.05) is 30.3 Å². The van der Waals surface area contributed by atoms with Crippen molar-refractivity contribution >= 4 is 0 Å². The molecule has 1 atom stereocenters. The SMILES string of the molecule is NCCC1CCOc2ccc(OCc3ccccc3)cc21. The van der Waals surface area contributed by atoms with Crippen molar-refractivity contribution in [3.63, 3.8) is 0 Å². The molecule has 1 aliphatic rings. The van der Waals surface area contributed by atoms with E-state index in [2.05, 4.69) is 18.2 Å². The van der Waals surface area contributed by atoms with Crippen LogP contribution < -0.4 is 15.2 Å². The Balaban J connectivity index is 1.73. The van der Waals surface area contributed by atoms with Crippen molar-refractivity contribution in [2.24, 2.45) is 5.73 Å². The molecule has 0 bridgehead atoms. The lowest BCUT2D eigenvalue weighted by Crippen LogP contribution is -2.17. The lowest BCUT2D eigenvalue weighted by Gasteiger charge is -2.26. The predicted octanol–water partition coefficient (Wildman–Crippen LogP) is 3.48. The molecule has 2 aromatic rings. The predicted molar refractivity (Wildman–Crippen MR) is 83.7 cm³/mol. The summed E-state index contributed by atoms with van der Waals surface area (Å²) in [5.41, 5.74) is 8.12. The molecule has 1 aliphatic heterocycles. The normalized spacial score (nSPS) is 16.9. The summed E-state index contributed by atoms with van der Waals surface area (Å²) in [6, 6.07) is 16.3. The summed E-state index contributed by atoms with van der Waals surface area (Å²) in [5.74, 6) is 2.36. The Hall–Kier alpha value is -2.00. The van der Waals surface area contributed by atoms with Crippen molar-refractivity contribution in [1.29, 1.82) is 0 Å². The Kier molecular flexibility index (Phi) is 4.41. The maximum Gasteiger partial charge on any atom is 0.123 e. The Labute approximate surface area is 125 Å². The summed E-state index contributed by atoms with van der Waals surface area (Å²) in [6.45, 7) is 2.07. The zero-order chi connectivity index (χ0) is 14.5. The van der Waals surface area contributed by atoms with Gasteiger partial charge in [-0.25, -0.2) is 0 Å². The minimum absolute atomic E-state index is 0.485. The van der Waals surface area contributed by atoms with Crippen molar-refractivity contribution in [2.75, 3.05) is 13.2 Å². The van der Waals surface area contributed by atoms with Crippen LogP contribution in [0.1, 0.15) is 29.9 Å². The number of nitrogens with two attached hydrogens (primary N) is 1. The second-order valence-corrected chi connectivity index (χ2v) is 5.39. The third kappa shape index (κ3) is 3.37. The van der Waals surface area contributed by atoms with E-state index in [1.807, 2.05) is 30.3 Å². The van der Waals surface area contributed by atoms with E-state index < -0.39 is 0 Å². The van der Waals surface area contributed by atoms with E-state index in [9.17, 15) is 0 Å². The van der Waals surface area contributed by atoms with Gasteiger partial charge in [-0.05, 0) is 49.1 Å². The number of rotatable bonds is 5. The van der Waals surface area contributed by atoms with E-state index in [-0.39, 0.29) is 0 Å². The fraction of sp³-hybridized carbons (Fsp3) is 0.333. The summed E-state index contributed by atoms with van der Waals surface area (Å²) in [5, 5.41) is 0. The molecule has 21 heavy (non-hydrogen) atoms. The summed E-state index contributed by atoms with van der Waals surface area (Å²) in [7, 11) is 0. The Bertz CT molecular complexity index is 583. The molecule has 0 fully saturated rings. The van der Waals surface area contributed by atoms with Crippen molar-refractivity contribution < 1.29 is 9.47 Å². The summed E-state index contributed by atoms with van der Waals surface area (Å²) >= 11 is 0. The second kappa shape index (κ2) is 6.64. The van der Waals surface area contributed by atoms with Gasteiger partial charge in [-0.2, -0.15) is 0 Å². The highest BCUT2D eigenvalue weighted by Crippen LogP contribution is 2.37. The Morgan fingerprint density at radius 1 is 1.14 bits per heavy atom. The largest absolute Gasteiger partial charge is 0.493 e. The Morgan fingerprint density at radius 3 is 2.81 bits per heavy atom. The molecule has 0 aliphatic carbocycles. The molecule has 0 amide bonds. The lowest BCUT2D eigenvalue weighted by molar-refractivity contribution is 0.260. The highest BCUT2D eigenvalue weighted by atomic mass is 16.5. The molecule has 0 saturated heterocycles. The number of hydrogen-bond acceptors (Lipinski definition) is 3. The average molecular weight is 283 g/mol. The summed E-state index contributed by atoms with van der Waals surface area (Å²) in [4.78, 5) is 0. The average Bonchev–Trinajstić information content (AvgIpc) is 2.54. The maximum atomic E-state index is 5.90. The molecular formula is C18H21NO2. The molecule has 0 spiro atoms. The second-order valence-electron chi connectivity index (χ2n) is 5.39. The smallest absolute Gasteiger partial charge is 0.123 e. The number of benzene rings is 2. The van der Waals surface area contributed by atoms with Crippen molar-refractivity contribution in [3.05, 3.63) is 59.7 Å². The van der Waals surface area contributed by atoms with Gasteiger partial charge in [0.15, 0.2) is 0 Å². The van der Waals surface area contributed by atoms with Crippen molar-refractivity contribution in [1.82, 2.24) is 0 Å². The first-order valence-electron chi connectivity index (χ1n) is 7.50. The van der Waals surface area contributed by atoms with Gasteiger partial charge < -0.3 is 15.2 Å². The quantitative estimate of drug-likeness (QED) is 0.913. The van der Waals surface area contributed by atoms with Crippen LogP contribution in [0.2, 0.25) is 0 Å². The van der Waals surface area contributed by atoms with Crippen LogP contribution in [-0.2, 0) is 6.61 Å². The van der Waals surface area contributed by atoms with Gasteiger partial charge in [0.2, 0.25) is 0 Å². The molecule has 110 valence electrons. The zero-order valence-electron chi connectivity index (χ0n) is 12.1. The fourth-order valence-electron chi connectivity index (χ4n) is 2.78. The molecule has 1 unspecified atom stereocenters. The van der Waals surface area contributed by atoms with Gasteiger partial charge in [0.25, 0.3) is 0 Å². The molecule has 2 N–H and O–H groups in total. The third-order valence-electron chi connectivity index (χ3n) is 3.91. The molecule has 2 aromatic carbocycles. The van der Waals surface area contributed by atoms with Gasteiger partial charge in [0.05, 0.1) is 6.61 Å². The topological polar surface area (TPSA) is 44.5 Å². The van der Waals surface area contributed by atoms with Gasteiger partial charge in [0, 0.05) is 5.56 Å². The maximum absolute atomic E-state index is 5.90. The van der Waals surface area contributed by atoms with Crippen LogP contribution >= 0.6 is 0 Å². The van der Waals surface area contributed by atoms with Gasteiger partial charge in [0.1, 0.15) is 18.1 Å². The molecule has 3 rings (SSSR count). The van der Waals surface area contributed by atoms with Crippen LogP contribution in [0.25, 0.3) is 0 Å². The van der Waals surface area contributed by atoms with Crippen LogP contribution in [0.15, 0.2) is 48.5 Å². The van der Waals surface area contributed by atoms with Crippen LogP contribution in [0, 0.1) is 0 Å². The number of ether oxygens (including phenoxy) is 2. The van der Waals surface area contributed by atoms with Crippen LogP contribution in [0.3, 0.4) is 0 Å². The molecular weight excluding hydrogens is 262 g/mol. The molecule has 1 heterocycles. The highest BCUT2D eigenvalue weighted by Gasteiger charge is 2.21. The van der Waals surface area contributed by atoms with Gasteiger partial charge >= 0.3 is 0 Å². The van der Waals surface area contributed by atoms with E-state index >= 15 is 0 Å². The molecule has 0 radical (unpaired) electrons. The van der Waals surface area contributed by atoms with E-state index in [1.165, 1.54) is 11.1 Å². The minimum Gasteiger partial charge on any atom is -0.493 e. The van der Waals surface area contributed by atoms with Crippen LogP contribution in [0.4, 0.5) is 0 Å². The van der Waals surface area contributed by atoms with Crippen LogP contribution in [-0.4, -0.2) is 13.2 Å². The van der Waals surface area contributed by atoms with E-state index in [4.69, 9.17) is 15.2 Å². The first-order valence-corrected chi connectivity index (χ1v) is 7.50. The van der Waals surface area contributed by atoms with Gasteiger partial charge in [-0.3, -0.25) is 0 Å². The van der Waals surface area contributed by atoms with E-state index in [0.29, 0.717) is 19.1 Å². The van der Waals surface area contributed by atoms with E-state index in [1.54, 1.807) is 0 Å².